The number of carbonyl (C=O) groups excluding carboxylic acids is 2. The van der Waals surface area contributed by atoms with Crippen molar-refractivity contribution in [2.24, 2.45) is 11.7 Å². The Morgan fingerprint density at radius 1 is 1.08 bits per heavy atom. The fourth-order valence-corrected chi connectivity index (χ4v) is 5.79. The number of alkyl halides is 5. The van der Waals surface area contributed by atoms with Crippen LogP contribution in [0.5, 0.6) is 0 Å². The van der Waals surface area contributed by atoms with Gasteiger partial charge in [0.25, 0.3) is 11.8 Å². The Bertz CT molecular complexity index is 2070. The average Bonchev–Trinajstić information content (AvgIpc) is 3.48. The fourth-order valence-electron chi connectivity index (χ4n) is 5.79. The van der Waals surface area contributed by atoms with Crippen LogP contribution in [0, 0.1) is 35.2 Å². The van der Waals surface area contributed by atoms with Gasteiger partial charge in [0.05, 0.1) is 17.3 Å². The summed E-state index contributed by atoms with van der Waals surface area (Å²) in [5, 5.41) is 16.0. The summed E-state index contributed by atoms with van der Waals surface area (Å²) in [6, 6.07) is 7.16. The summed E-state index contributed by atoms with van der Waals surface area (Å²) in [5.74, 6) is -5.25. The Kier molecular flexibility index (Phi) is 9.74. The molecule has 0 spiro atoms. The molecular formula is C35H29F8N5O3. The van der Waals surface area contributed by atoms with Gasteiger partial charge >= 0.3 is 6.18 Å². The van der Waals surface area contributed by atoms with Crippen LogP contribution in [0.1, 0.15) is 71.1 Å². The van der Waals surface area contributed by atoms with Crippen LogP contribution in [0.4, 0.5) is 35.1 Å². The number of aliphatic hydroxyl groups is 1. The molecule has 8 nitrogen and oxygen atoms in total. The molecule has 0 fully saturated rings. The van der Waals surface area contributed by atoms with E-state index in [9.17, 15) is 41.0 Å². The highest BCUT2D eigenvalue weighted by Gasteiger charge is 2.54. The van der Waals surface area contributed by atoms with Gasteiger partial charge in [0, 0.05) is 23.1 Å². The lowest BCUT2D eigenvalue weighted by atomic mass is 9.94. The molecule has 0 saturated carbocycles. The van der Waals surface area contributed by atoms with Gasteiger partial charge in [-0.3, -0.25) is 14.3 Å². The highest BCUT2D eigenvalue weighted by molar-refractivity contribution is 5.94. The minimum Gasteiger partial charge on any atom is -0.378 e. The number of rotatable bonds is 8. The number of amides is 2. The van der Waals surface area contributed by atoms with Gasteiger partial charge in [0.2, 0.25) is 5.91 Å². The second kappa shape index (κ2) is 13.4. The van der Waals surface area contributed by atoms with E-state index in [1.165, 1.54) is 32.0 Å². The van der Waals surface area contributed by atoms with E-state index in [2.05, 4.69) is 27.2 Å². The predicted octanol–water partition coefficient (Wildman–Crippen LogP) is 5.99. The Balaban J connectivity index is 1.65. The largest absolute Gasteiger partial charge is 0.435 e. The molecule has 4 aromatic rings. The molecule has 2 atom stereocenters. The van der Waals surface area contributed by atoms with Crippen molar-refractivity contribution in [2.45, 2.75) is 63.9 Å². The Hall–Kier alpha value is -5.30. The zero-order chi connectivity index (χ0) is 37.6. The lowest BCUT2D eigenvalue weighted by Gasteiger charge is -2.23. The van der Waals surface area contributed by atoms with Crippen LogP contribution in [0.25, 0.3) is 11.1 Å². The normalized spacial score (nSPS) is 15.9. The van der Waals surface area contributed by atoms with Crippen LogP contribution < -0.4 is 11.1 Å². The van der Waals surface area contributed by atoms with E-state index in [0.29, 0.717) is 6.07 Å². The van der Waals surface area contributed by atoms with Crippen molar-refractivity contribution < 1.29 is 49.8 Å². The molecule has 1 aliphatic rings. The van der Waals surface area contributed by atoms with Gasteiger partial charge in [0.1, 0.15) is 41.0 Å². The van der Waals surface area contributed by atoms with E-state index >= 15 is 8.78 Å². The average molecular weight is 720 g/mol. The molecule has 268 valence electrons. The molecule has 4 N–H and O–H groups in total. The minimum atomic E-state index is -5.10. The van der Waals surface area contributed by atoms with Crippen LogP contribution in [-0.2, 0) is 36.3 Å². The third kappa shape index (κ3) is 8.04. The topological polar surface area (TPSA) is 123 Å². The molecule has 2 amide bonds. The van der Waals surface area contributed by atoms with Gasteiger partial charge in [-0.15, -0.1) is 0 Å². The van der Waals surface area contributed by atoms with Crippen LogP contribution in [0.15, 0.2) is 48.5 Å². The number of carbonyl (C=O) groups is 2. The Morgan fingerprint density at radius 3 is 2.35 bits per heavy atom. The molecule has 0 bridgehead atoms. The quantitative estimate of drug-likeness (QED) is 0.153. The zero-order valence-corrected chi connectivity index (χ0v) is 27.1. The van der Waals surface area contributed by atoms with Crippen molar-refractivity contribution in [3.05, 3.63) is 105 Å². The summed E-state index contributed by atoms with van der Waals surface area (Å²) >= 11 is 0. The third-order valence-electron chi connectivity index (χ3n) is 8.05. The maximum absolute atomic E-state index is 15.2. The molecule has 2 heterocycles. The number of halogens is 8. The van der Waals surface area contributed by atoms with Crippen LogP contribution in [0.2, 0.25) is 0 Å². The molecular weight excluding hydrogens is 690 g/mol. The monoisotopic (exact) mass is 719 g/mol. The highest BCUT2D eigenvalue weighted by atomic mass is 19.4. The number of benzene rings is 2. The van der Waals surface area contributed by atoms with Crippen LogP contribution >= 0.6 is 0 Å². The number of hydrogen-bond acceptors (Lipinski definition) is 5. The summed E-state index contributed by atoms with van der Waals surface area (Å²) in [4.78, 5) is 30.1. The molecule has 51 heavy (non-hydrogen) atoms. The van der Waals surface area contributed by atoms with E-state index in [1.54, 1.807) is 0 Å². The summed E-state index contributed by atoms with van der Waals surface area (Å²) < 4.78 is 115. The minimum absolute atomic E-state index is 0.00567. The Morgan fingerprint density at radius 2 is 1.75 bits per heavy atom. The molecule has 1 unspecified atom stereocenters. The van der Waals surface area contributed by atoms with E-state index in [4.69, 9.17) is 5.73 Å². The van der Waals surface area contributed by atoms with Gasteiger partial charge < -0.3 is 16.2 Å². The molecule has 0 aliphatic heterocycles. The second-order valence-corrected chi connectivity index (χ2v) is 12.7. The van der Waals surface area contributed by atoms with Gasteiger partial charge in [-0.1, -0.05) is 18.9 Å². The summed E-state index contributed by atoms with van der Waals surface area (Å²) in [5.41, 5.74) is 0.112. The van der Waals surface area contributed by atoms with Crippen molar-refractivity contribution in [3.8, 4) is 23.0 Å². The first-order valence-corrected chi connectivity index (χ1v) is 15.3. The summed E-state index contributed by atoms with van der Waals surface area (Å²) in [6.45, 7) is 2.73. The van der Waals surface area contributed by atoms with Crippen molar-refractivity contribution >= 4 is 11.8 Å². The molecule has 0 radical (unpaired) electrons. The smallest absolute Gasteiger partial charge is 0.378 e. The van der Waals surface area contributed by atoms with Crippen molar-refractivity contribution in [1.29, 1.82) is 0 Å². The SMILES string of the molecule is C[C@@H]1Cc2c(C(F)(F)F)nn(CC(=O)NC(Cc3cc(F)cc(F)c3)c3nc(C#CC(C)(C)O)ccc3-c3ccc(F)c(C(N)=O)c3)c2C1(F)F. The fraction of sp³-hybridized carbons (Fsp3) is 0.314. The summed E-state index contributed by atoms with van der Waals surface area (Å²) in [7, 11) is 0. The van der Waals surface area contributed by atoms with Crippen molar-refractivity contribution in [3.63, 3.8) is 0 Å². The van der Waals surface area contributed by atoms with E-state index in [0.717, 1.165) is 31.2 Å². The number of pyridine rings is 1. The lowest BCUT2D eigenvalue weighted by molar-refractivity contribution is -0.142. The second-order valence-electron chi connectivity index (χ2n) is 12.7. The molecule has 2 aromatic carbocycles. The molecule has 16 heteroatoms. The first kappa shape index (κ1) is 37.0. The van der Waals surface area contributed by atoms with Crippen molar-refractivity contribution in [2.75, 3.05) is 0 Å². The Labute approximate surface area is 285 Å². The van der Waals surface area contributed by atoms with Crippen LogP contribution in [0.3, 0.4) is 0 Å². The number of nitrogens with one attached hydrogen (secondary N) is 1. The number of primary amides is 1. The van der Waals surface area contributed by atoms with Gasteiger partial charge in [-0.25, -0.2) is 18.2 Å². The number of fused-ring (bicyclic) bond motifs is 1. The van der Waals surface area contributed by atoms with E-state index < -0.39 is 101 Å². The third-order valence-corrected chi connectivity index (χ3v) is 8.05. The number of nitrogens with two attached hydrogens (primary N) is 1. The van der Waals surface area contributed by atoms with Gasteiger partial charge in [-0.05, 0) is 80.1 Å². The summed E-state index contributed by atoms with van der Waals surface area (Å²) in [6.07, 6.45) is -6.16. The maximum Gasteiger partial charge on any atom is 0.435 e. The zero-order valence-electron chi connectivity index (χ0n) is 27.1. The molecule has 2 aromatic heterocycles. The first-order valence-electron chi connectivity index (χ1n) is 15.3. The molecule has 5 rings (SSSR count). The molecule has 0 saturated heterocycles. The lowest BCUT2D eigenvalue weighted by Crippen LogP contribution is -2.35. The van der Waals surface area contributed by atoms with E-state index in [-0.39, 0.29) is 32.8 Å². The maximum atomic E-state index is 15.2. The number of aromatic nitrogens is 3. The van der Waals surface area contributed by atoms with E-state index in [1.807, 2.05) is 0 Å². The molecule has 1 aliphatic carbocycles. The number of hydrogen-bond donors (Lipinski definition) is 3. The predicted molar refractivity (Wildman–Crippen MR) is 166 cm³/mol. The first-order chi connectivity index (χ1) is 23.6. The number of nitrogens with zero attached hydrogens (tertiary/aromatic N) is 3. The van der Waals surface area contributed by atoms with Crippen molar-refractivity contribution in [1.82, 2.24) is 20.1 Å². The standard InChI is InChI=1S/C35H29F8N5O3/c1-17-10-25-30(35(41,42)43)47-48(31(25)34(17,39)40)16-28(49)46-27(13-18-11-20(36)15-21(37)12-18)29-23(6-5-22(45-29)8-9-33(2,3)51)19-4-7-26(38)24(14-19)32(44)50/h4-7,11-12,14-15,17,27,51H,10,13,16H2,1-3H3,(H2,44,50)(H,46,49)/t17-,27?/m1/s1. The van der Waals surface area contributed by atoms with Crippen LogP contribution in [-0.4, -0.2) is 37.3 Å². The van der Waals surface area contributed by atoms with Gasteiger partial charge in [0.15, 0.2) is 5.69 Å². The highest BCUT2D eigenvalue weighted by Crippen LogP contribution is 2.49. The van der Waals surface area contributed by atoms with Gasteiger partial charge in [-0.2, -0.15) is 27.1 Å².